The van der Waals surface area contributed by atoms with E-state index in [-0.39, 0.29) is 16.1 Å². The van der Waals surface area contributed by atoms with E-state index in [1.165, 1.54) is 25.3 Å². The Morgan fingerprint density at radius 2 is 1.55 bits per heavy atom. The number of halogens is 3. The molecule has 3 aromatic rings. The number of carbonyl (C=O) groups is 2. The first-order chi connectivity index (χ1) is 17.8. The number of aromatic carboxylic acids is 1. The van der Waals surface area contributed by atoms with Gasteiger partial charge in [0, 0.05) is 18.8 Å². The molecule has 3 aromatic carbocycles. The van der Waals surface area contributed by atoms with E-state index in [4.69, 9.17) is 14.6 Å². The highest BCUT2D eigenvalue weighted by Gasteiger charge is 2.38. The van der Waals surface area contributed by atoms with Crippen LogP contribution >= 0.6 is 0 Å². The Morgan fingerprint density at radius 3 is 2.03 bits per heavy atom. The van der Waals surface area contributed by atoms with Crippen LogP contribution in [-0.4, -0.2) is 50.4 Å². The summed E-state index contributed by atoms with van der Waals surface area (Å²) in [7, 11) is -2.39. The first-order valence-electron chi connectivity index (χ1n) is 10.9. The maximum atomic E-state index is 12.7. The summed E-state index contributed by atoms with van der Waals surface area (Å²) < 4.78 is 64.6. The number of methoxy groups -OCH3 is 1. The molecule has 3 N–H and O–H groups in total. The van der Waals surface area contributed by atoms with Gasteiger partial charge in [0.05, 0.1) is 23.3 Å². The molecule has 13 heteroatoms. The van der Waals surface area contributed by atoms with Crippen LogP contribution in [0.4, 0.5) is 24.5 Å². The standard InChI is InChI=1S/C23H24N2O5S.C2HF3O2/c1-3-25(16-17-7-5-4-6-8-17)22-14-9-18(15-21(22)23(26)27)24-31(28,29)20-12-10-19(30-2)11-13-20;3-2(4,5)1(6)7/h4-15,24H,3,16H2,1-2H3,(H,26,27);(H,6,7). The summed E-state index contributed by atoms with van der Waals surface area (Å²) in [4.78, 5) is 22.8. The molecule has 0 saturated carbocycles. The molecule has 38 heavy (non-hydrogen) atoms. The number of nitrogens with zero attached hydrogens (tertiary/aromatic N) is 1. The zero-order chi connectivity index (χ0) is 28.5. The summed E-state index contributed by atoms with van der Waals surface area (Å²) in [6.07, 6.45) is -5.08. The van der Waals surface area contributed by atoms with Crippen molar-refractivity contribution in [1.29, 1.82) is 0 Å². The lowest BCUT2D eigenvalue weighted by atomic mass is 10.1. The highest BCUT2D eigenvalue weighted by Crippen LogP contribution is 2.28. The molecule has 0 fully saturated rings. The number of aliphatic carboxylic acids is 1. The van der Waals surface area contributed by atoms with Gasteiger partial charge in [-0.15, -0.1) is 0 Å². The molecule has 3 rings (SSSR count). The van der Waals surface area contributed by atoms with E-state index >= 15 is 0 Å². The third kappa shape index (κ3) is 8.40. The van der Waals surface area contributed by atoms with E-state index < -0.39 is 28.1 Å². The smallest absolute Gasteiger partial charge is 0.490 e. The quantitative estimate of drug-likeness (QED) is 0.342. The van der Waals surface area contributed by atoms with Gasteiger partial charge in [0.2, 0.25) is 0 Å². The third-order valence-electron chi connectivity index (χ3n) is 5.03. The molecule has 0 spiro atoms. The van der Waals surface area contributed by atoms with E-state index in [0.717, 1.165) is 5.56 Å². The van der Waals surface area contributed by atoms with E-state index in [2.05, 4.69) is 4.72 Å². The van der Waals surface area contributed by atoms with Crippen LogP contribution in [0.15, 0.2) is 77.7 Å². The minimum absolute atomic E-state index is 0.0210. The number of hydrogen-bond acceptors (Lipinski definition) is 6. The average molecular weight is 555 g/mol. The van der Waals surface area contributed by atoms with Crippen LogP contribution in [0.5, 0.6) is 5.75 Å². The third-order valence-corrected chi connectivity index (χ3v) is 6.43. The number of benzene rings is 3. The summed E-state index contributed by atoms with van der Waals surface area (Å²) in [5, 5.41) is 16.9. The molecule has 0 aliphatic carbocycles. The lowest BCUT2D eigenvalue weighted by Crippen LogP contribution is -2.24. The van der Waals surface area contributed by atoms with E-state index in [1.807, 2.05) is 42.2 Å². The van der Waals surface area contributed by atoms with Crippen molar-refractivity contribution in [3.8, 4) is 5.75 Å². The topological polar surface area (TPSA) is 133 Å². The molecular formula is C25H25F3N2O7S. The molecule has 0 saturated heterocycles. The molecule has 0 bridgehead atoms. The number of carboxylic acid groups (broad SMARTS) is 2. The molecule has 0 heterocycles. The predicted molar refractivity (Wildman–Crippen MR) is 134 cm³/mol. The number of rotatable bonds is 9. The summed E-state index contributed by atoms with van der Waals surface area (Å²) >= 11 is 0. The van der Waals surface area contributed by atoms with Crippen LogP contribution in [0.25, 0.3) is 0 Å². The Bertz CT molecular complexity index is 1350. The maximum Gasteiger partial charge on any atom is 0.490 e. The largest absolute Gasteiger partial charge is 0.497 e. The number of alkyl halides is 3. The van der Waals surface area contributed by atoms with Crippen molar-refractivity contribution in [1.82, 2.24) is 0 Å². The van der Waals surface area contributed by atoms with Crippen molar-refractivity contribution in [2.24, 2.45) is 0 Å². The number of nitrogens with one attached hydrogen (secondary N) is 1. The summed E-state index contributed by atoms with van der Waals surface area (Å²) in [6, 6.07) is 20.2. The van der Waals surface area contributed by atoms with Gasteiger partial charge in [0.25, 0.3) is 10.0 Å². The first-order valence-corrected chi connectivity index (χ1v) is 12.4. The van der Waals surface area contributed by atoms with Crippen molar-refractivity contribution >= 4 is 33.3 Å². The molecular weight excluding hydrogens is 529 g/mol. The minimum Gasteiger partial charge on any atom is -0.497 e. The van der Waals surface area contributed by atoms with Crippen LogP contribution < -0.4 is 14.4 Å². The molecule has 9 nitrogen and oxygen atoms in total. The van der Waals surface area contributed by atoms with Crippen molar-refractivity contribution in [2.45, 2.75) is 24.5 Å². The van der Waals surface area contributed by atoms with Gasteiger partial charge in [0.1, 0.15) is 5.75 Å². The summed E-state index contributed by atoms with van der Waals surface area (Å²) in [5.41, 5.74) is 1.76. The van der Waals surface area contributed by atoms with Gasteiger partial charge >= 0.3 is 18.1 Å². The molecule has 0 aromatic heterocycles. The highest BCUT2D eigenvalue weighted by atomic mass is 32.2. The van der Waals surface area contributed by atoms with Gasteiger partial charge in [-0.05, 0) is 55.0 Å². The van der Waals surface area contributed by atoms with Crippen molar-refractivity contribution in [3.63, 3.8) is 0 Å². The highest BCUT2D eigenvalue weighted by molar-refractivity contribution is 7.92. The SMILES string of the molecule is CCN(Cc1ccccc1)c1ccc(NS(=O)(=O)c2ccc(OC)cc2)cc1C(=O)O.O=C(O)C(F)(F)F. The fourth-order valence-corrected chi connectivity index (χ4v) is 4.24. The molecule has 0 atom stereocenters. The minimum atomic E-state index is -5.08. The number of carboxylic acids is 2. The van der Waals surface area contributed by atoms with Crippen LogP contribution in [0, 0.1) is 0 Å². The zero-order valence-electron chi connectivity index (χ0n) is 20.3. The predicted octanol–water partition coefficient (Wildman–Crippen LogP) is 4.85. The van der Waals surface area contributed by atoms with Crippen LogP contribution in [0.1, 0.15) is 22.8 Å². The Kier molecular flexibility index (Phi) is 10.1. The number of anilines is 2. The van der Waals surface area contributed by atoms with Gasteiger partial charge in [-0.1, -0.05) is 30.3 Å². The van der Waals surface area contributed by atoms with E-state index in [9.17, 15) is 31.5 Å². The summed E-state index contributed by atoms with van der Waals surface area (Å²) in [6.45, 7) is 3.06. The number of sulfonamides is 1. The second-order valence-corrected chi connectivity index (χ2v) is 9.30. The van der Waals surface area contributed by atoms with Gasteiger partial charge < -0.3 is 19.8 Å². The zero-order valence-corrected chi connectivity index (χ0v) is 21.1. The van der Waals surface area contributed by atoms with Crippen LogP contribution in [0.3, 0.4) is 0 Å². The summed E-state index contributed by atoms with van der Waals surface area (Å²) in [5.74, 6) is -3.35. The number of hydrogen-bond donors (Lipinski definition) is 3. The fraction of sp³-hybridized carbons (Fsp3) is 0.200. The molecule has 0 aliphatic heterocycles. The Balaban J connectivity index is 0.000000638. The van der Waals surface area contributed by atoms with Crippen molar-refractivity contribution in [2.75, 3.05) is 23.3 Å². The first kappa shape index (κ1) is 30.0. The molecule has 0 amide bonds. The maximum absolute atomic E-state index is 12.7. The van der Waals surface area contributed by atoms with Gasteiger partial charge in [-0.2, -0.15) is 13.2 Å². The normalized spacial score (nSPS) is 11.1. The average Bonchev–Trinajstić information content (AvgIpc) is 2.87. The van der Waals surface area contributed by atoms with Crippen molar-refractivity contribution in [3.05, 3.63) is 83.9 Å². The second-order valence-electron chi connectivity index (χ2n) is 7.62. The molecule has 0 unspecified atom stereocenters. The Labute approximate surface area is 217 Å². The molecule has 0 aliphatic rings. The lowest BCUT2D eigenvalue weighted by Gasteiger charge is -2.25. The number of ether oxygens (including phenoxy) is 1. The monoisotopic (exact) mass is 554 g/mol. The van der Waals surface area contributed by atoms with Gasteiger partial charge in [-0.3, -0.25) is 4.72 Å². The Hall–Kier alpha value is -4.26. The van der Waals surface area contributed by atoms with E-state index in [1.54, 1.807) is 24.3 Å². The fourth-order valence-electron chi connectivity index (χ4n) is 3.19. The van der Waals surface area contributed by atoms with Gasteiger partial charge in [0.15, 0.2) is 0 Å². The van der Waals surface area contributed by atoms with E-state index in [0.29, 0.717) is 24.5 Å². The van der Waals surface area contributed by atoms with Crippen LogP contribution in [0.2, 0.25) is 0 Å². The van der Waals surface area contributed by atoms with Gasteiger partial charge in [-0.25, -0.2) is 18.0 Å². The van der Waals surface area contributed by atoms with Crippen LogP contribution in [-0.2, 0) is 21.4 Å². The Morgan fingerprint density at radius 1 is 0.974 bits per heavy atom. The van der Waals surface area contributed by atoms with Crippen molar-refractivity contribution < 1.29 is 46.1 Å². The lowest BCUT2D eigenvalue weighted by molar-refractivity contribution is -0.192. The molecule has 0 radical (unpaired) electrons. The molecule has 204 valence electrons. The second kappa shape index (κ2) is 12.8.